The van der Waals surface area contributed by atoms with E-state index in [-0.39, 0.29) is 12.5 Å². The molecule has 1 rings (SSSR count). The number of benzene rings is 1. The Hall–Kier alpha value is -2.24. The third-order valence-corrected chi connectivity index (χ3v) is 2.67. The molecule has 0 bridgehead atoms. The number of nitrogens with one attached hydrogen (secondary N) is 2. The highest BCUT2D eigenvalue weighted by molar-refractivity contribution is 5.89. The lowest BCUT2D eigenvalue weighted by Gasteiger charge is -2.15. The first-order valence-corrected chi connectivity index (χ1v) is 6.57. The summed E-state index contributed by atoms with van der Waals surface area (Å²) in [6, 6.07) is 6.17. The van der Waals surface area contributed by atoms with Crippen LogP contribution in [0.15, 0.2) is 24.3 Å². The van der Waals surface area contributed by atoms with E-state index in [1.54, 1.807) is 24.3 Å². The van der Waals surface area contributed by atoms with Crippen LogP contribution in [0.1, 0.15) is 26.7 Å². The Labute approximate surface area is 118 Å². The summed E-state index contributed by atoms with van der Waals surface area (Å²) in [5.41, 5.74) is 0.621. The van der Waals surface area contributed by atoms with Gasteiger partial charge >= 0.3 is 12.0 Å². The number of hydrogen-bond donors (Lipinski definition) is 3. The van der Waals surface area contributed by atoms with Crippen molar-refractivity contribution in [2.24, 2.45) is 0 Å². The number of ether oxygens (including phenoxy) is 1. The summed E-state index contributed by atoms with van der Waals surface area (Å²) >= 11 is 0. The summed E-state index contributed by atoms with van der Waals surface area (Å²) < 4.78 is 5.30. The highest BCUT2D eigenvalue weighted by atomic mass is 16.5. The molecule has 0 fully saturated rings. The maximum atomic E-state index is 11.7. The minimum Gasteiger partial charge on any atom is -0.494 e. The molecule has 0 saturated heterocycles. The summed E-state index contributed by atoms with van der Waals surface area (Å²) in [6.45, 7) is 4.30. The summed E-state index contributed by atoms with van der Waals surface area (Å²) in [6.07, 6.45) is 0.468. The van der Waals surface area contributed by atoms with Gasteiger partial charge in [-0.25, -0.2) is 4.79 Å². The lowest BCUT2D eigenvalue weighted by Crippen LogP contribution is -2.38. The lowest BCUT2D eigenvalue weighted by molar-refractivity contribution is -0.137. The molecule has 0 saturated carbocycles. The largest absolute Gasteiger partial charge is 0.494 e. The van der Waals surface area contributed by atoms with Crippen LogP contribution in [-0.2, 0) is 4.79 Å². The Balaban J connectivity index is 2.50. The molecule has 1 atom stereocenters. The molecule has 2 amide bonds. The van der Waals surface area contributed by atoms with E-state index in [1.165, 1.54) is 0 Å². The number of carboxylic acids is 1. The van der Waals surface area contributed by atoms with Gasteiger partial charge in [0.05, 0.1) is 13.0 Å². The molecule has 1 unspecified atom stereocenters. The maximum Gasteiger partial charge on any atom is 0.319 e. The Kier molecular flexibility index (Phi) is 6.36. The van der Waals surface area contributed by atoms with E-state index in [0.717, 1.165) is 5.75 Å². The summed E-state index contributed by atoms with van der Waals surface area (Å²) in [5, 5.41) is 14.0. The van der Waals surface area contributed by atoms with Gasteiger partial charge in [-0.2, -0.15) is 0 Å². The van der Waals surface area contributed by atoms with E-state index in [2.05, 4.69) is 10.6 Å². The number of rotatable bonds is 7. The van der Waals surface area contributed by atoms with Crippen LogP contribution >= 0.6 is 0 Å². The standard InChI is InChI=1S/C14H20N2O4/c1-3-10(9-13(17)18)15-14(19)16-11-5-7-12(8-6-11)20-4-2/h5-8,10H,3-4,9H2,1-2H3,(H,17,18)(H2,15,16,19). The van der Waals surface area contributed by atoms with Gasteiger partial charge in [-0.3, -0.25) is 4.79 Å². The average Bonchev–Trinajstić information content (AvgIpc) is 2.40. The molecule has 0 aliphatic heterocycles. The minimum atomic E-state index is -0.932. The van der Waals surface area contributed by atoms with Crippen LogP contribution in [0.25, 0.3) is 0 Å². The van der Waals surface area contributed by atoms with Gasteiger partial charge in [-0.05, 0) is 37.6 Å². The second-order valence-corrected chi connectivity index (χ2v) is 4.26. The fraction of sp³-hybridized carbons (Fsp3) is 0.429. The zero-order valence-corrected chi connectivity index (χ0v) is 11.7. The highest BCUT2D eigenvalue weighted by Gasteiger charge is 2.13. The van der Waals surface area contributed by atoms with Crippen LogP contribution in [-0.4, -0.2) is 29.8 Å². The number of carbonyl (C=O) groups excluding carboxylic acids is 1. The minimum absolute atomic E-state index is 0.0901. The van der Waals surface area contributed by atoms with Gasteiger partial charge in [0.1, 0.15) is 5.75 Å². The van der Waals surface area contributed by atoms with Crippen LogP contribution < -0.4 is 15.4 Å². The number of aliphatic carboxylic acids is 1. The number of urea groups is 1. The van der Waals surface area contributed by atoms with Crippen molar-refractivity contribution in [2.75, 3.05) is 11.9 Å². The monoisotopic (exact) mass is 280 g/mol. The quantitative estimate of drug-likeness (QED) is 0.716. The first-order valence-electron chi connectivity index (χ1n) is 6.57. The van der Waals surface area contributed by atoms with Crippen molar-refractivity contribution in [3.05, 3.63) is 24.3 Å². The predicted octanol–water partition coefficient (Wildman–Crippen LogP) is 2.46. The lowest BCUT2D eigenvalue weighted by atomic mass is 10.1. The fourth-order valence-electron chi connectivity index (χ4n) is 1.66. The van der Waals surface area contributed by atoms with Crippen LogP contribution in [0.2, 0.25) is 0 Å². The molecule has 0 spiro atoms. The average molecular weight is 280 g/mol. The smallest absolute Gasteiger partial charge is 0.319 e. The van der Waals surface area contributed by atoms with Gasteiger partial charge in [0.25, 0.3) is 0 Å². The number of carbonyl (C=O) groups is 2. The third-order valence-electron chi connectivity index (χ3n) is 2.67. The number of amides is 2. The van der Waals surface area contributed by atoms with Crippen molar-refractivity contribution < 1.29 is 19.4 Å². The Morgan fingerprint density at radius 3 is 2.40 bits per heavy atom. The van der Waals surface area contributed by atoms with Crippen LogP contribution in [0.3, 0.4) is 0 Å². The van der Waals surface area contributed by atoms with Gasteiger partial charge in [0.15, 0.2) is 0 Å². The Morgan fingerprint density at radius 2 is 1.90 bits per heavy atom. The van der Waals surface area contributed by atoms with E-state index in [1.807, 2.05) is 13.8 Å². The summed E-state index contributed by atoms with van der Waals surface area (Å²) in [5.74, 6) is -0.200. The van der Waals surface area contributed by atoms with Gasteiger partial charge in [0.2, 0.25) is 0 Å². The van der Waals surface area contributed by atoms with E-state index in [9.17, 15) is 9.59 Å². The highest BCUT2D eigenvalue weighted by Crippen LogP contribution is 2.15. The number of anilines is 1. The molecule has 1 aromatic carbocycles. The third kappa shape index (κ3) is 5.60. The molecule has 6 heteroatoms. The predicted molar refractivity (Wildman–Crippen MR) is 76.1 cm³/mol. The molecule has 0 heterocycles. The normalized spacial score (nSPS) is 11.5. The maximum absolute atomic E-state index is 11.7. The van der Waals surface area contributed by atoms with E-state index in [0.29, 0.717) is 18.7 Å². The topological polar surface area (TPSA) is 87.7 Å². The molecular formula is C14H20N2O4. The molecule has 20 heavy (non-hydrogen) atoms. The second-order valence-electron chi connectivity index (χ2n) is 4.26. The van der Waals surface area contributed by atoms with Crippen molar-refractivity contribution in [3.8, 4) is 5.75 Å². The van der Waals surface area contributed by atoms with E-state index >= 15 is 0 Å². The van der Waals surface area contributed by atoms with Gasteiger partial charge < -0.3 is 20.5 Å². The zero-order chi connectivity index (χ0) is 15.0. The van der Waals surface area contributed by atoms with Crippen molar-refractivity contribution in [2.45, 2.75) is 32.7 Å². The van der Waals surface area contributed by atoms with E-state index < -0.39 is 12.0 Å². The zero-order valence-electron chi connectivity index (χ0n) is 11.7. The number of hydrogen-bond acceptors (Lipinski definition) is 3. The molecule has 0 aliphatic carbocycles. The Bertz CT molecular complexity index is 445. The number of carboxylic acid groups (broad SMARTS) is 1. The fourth-order valence-corrected chi connectivity index (χ4v) is 1.66. The van der Waals surface area contributed by atoms with Gasteiger partial charge in [-0.15, -0.1) is 0 Å². The van der Waals surface area contributed by atoms with Crippen molar-refractivity contribution in [3.63, 3.8) is 0 Å². The first-order chi connectivity index (χ1) is 9.55. The summed E-state index contributed by atoms with van der Waals surface area (Å²) in [7, 11) is 0. The molecule has 3 N–H and O–H groups in total. The Morgan fingerprint density at radius 1 is 1.25 bits per heavy atom. The van der Waals surface area contributed by atoms with Gasteiger partial charge in [-0.1, -0.05) is 6.92 Å². The summed E-state index contributed by atoms with van der Waals surface area (Å²) in [4.78, 5) is 22.3. The molecular weight excluding hydrogens is 260 g/mol. The van der Waals surface area contributed by atoms with Crippen molar-refractivity contribution in [1.29, 1.82) is 0 Å². The van der Waals surface area contributed by atoms with Crippen LogP contribution in [0.4, 0.5) is 10.5 Å². The van der Waals surface area contributed by atoms with E-state index in [4.69, 9.17) is 9.84 Å². The first kappa shape index (κ1) is 15.8. The molecule has 6 nitrogen and oxygen atoms in total. The van der Waals surface area contributed by atoms with Crippen molar-refractivity contribution >= 4 is 17.7 Å². The van der Waals surface area contributed by atoms with Gasteiger partial charge in [0, 0.05) is 11.7 Å². The SMILES string of the molecule is CCOc1ccc(NC(=O)NC(CC)CC(=O)O)cc1. The molecule has 110 valence electrons. The molecule has 1 aromatic rings. The molecule has 0 radical (unpaired) electrons. The van der Waals surface area contributed by atoms with Crippen LogP contribution in [0.5, 0.6) is 5.75 Å². The molecule has 0 aromatic heterocycles. The molecule has 0 aliphatic rings. The van der Waals surface area contributed by atoms with Crippen molar-refractivity contribution in [1.82, 2.24) is 5.32 Å². The second kappa shape index (κ2) is 8.04. The van der Waals surface area contributed by atoms with Crippen LogP contribution in [0, 0.1) is 0 Å².